The molecule has 1 aromatic rings. The van der Waals surface area contributed by atoms with E-state index in [4.69, 9.17) is 5.73 Å². The van der Waals surface area contributed by atoms with Crippen molar-refractivity contribution in [3.05, 3.63) is 18.2 Å². The van der Waals surface area contributed by atoms with Gasteiger partial charge in [0.2, 0.25) is 23.6 Å². The Labute approximate surface area is 197 Å². The van der Waals surface area contributed by atoms with Gasteiger partial charge in [0.1, 0.15) is 18.1 Å². The van der Waals surface area contributed by atoms with Crippen molar-refractivity contribution in [2.24, 2.45) is 11.7 Å². The van der Waals surface area contributed by atoms with Crippen molar-refractivity contribution in [1.29, 1.82) is 0 Å². The monoisotopic (exact) mass is 479 g/mol. The summed E-state index contributed by atoms with van der Waals surface area (Å²) < 4.78 is 0. The van der Waals surface area contributed by atoms with Gasteiger partial charge in [-0.3, -0.25) is 19.2 Å². The Morgan fingerprint density at radius 3 is 2.41 bits per heavy atom. The first kappa shape index (κ1) is 26.8. The zero-order chi connectivity index (χ0) is 25.3. The van der Waals surface area contributed by atoms with Crippen molar-refractivity contribution in [3.63, 3.8) is 0 Å². The molecule has 34 heavy (non-hydrogen) atoms. The molecule has 0 radical (unpaired) electrons. The Kier molecular flexibility index (Phi) is 9.98. The van der Waals surface area contributed by atoms with E-state index in [1.807, 2.05) is 0 Å². The molecule has 0 spiro atoms. The number of rotatable bonds is 13. The SMILES string of the molecule is CC(C)C(NC(=O)C(CCC(N)=O)NC(=O)C1CCCN1)C(=O)NC(Cc1cnc[nH]1)C(=O)O. The van der Waals surface area contributed by atoms with Crippen molar-refractivity contribution in [3.8, 4) is 0 Å². The highest BCUT2D eigenvalue weighted by atomic mass is 16.4. The number of carboxylic acid groups (broad SMARTS) is 1. The van der Waals surface area contributed by atoms with E-state index in [2.05, 4.69) is 31.2 Å². The van der Waals surface area contributed by atoms with Crippen LogP contribution in [0.1, 0.15) is 45.2 Å². The minimum absolute atomic E-state index is 0.0223. The molecule has 0 aromatic carbocycles. The molecule has 0 saturated carbocycles. The first-order chi connectivity index (χ1) is 16.1. The molecule has 4 unspecified atom stereocenters. The smallest absolute Gasteiger partial charge is 0.326 e. The number of hydrogen-bond donors (Lipinski definition) is 7. The number of aromatic amines is 1. The summed E-state index contributed by atoms with van der Waals surface area (Å²) in [4.78, 5) is 67.9. The summed E-state index contributed by atoms with van der Waals surface area (Å²) >= 11 is 0. The van der Waals surface area contributed by atoms with Crippen LogP contribution in [0.15, 0.2) is 12.5 Å². The highest BCUT2D eigenvalue weighted by Crippen LogP contribution is 2.09. The molecule has 4 amide bonds. The number of imidazole rings is 1. The number of nitrogens with zero attached hydrogens (tertiary/aromatic N) is 1. The Bertz CT molecular complexity index is 867. The van der Waals surface area contributed by atoms with Crippen LogP contribution < -0.4 is 27.0 Å². The van der Waals surface area contributed by atoms with Crippen LogP contribution in [0.5, 0.6) is 0 Å². The number of nitrogens with two attached hydrogens (primary N) is 1. The lowest BCUT2D eigenvalue weighted by atomic mass is 10.0. The molecule has 1 aliphatic heterocycles. The Morgan fingerprint density at radius 2 is 1.88 bits per heavy atom. The fourth-order valence-electron chi connectivity index (χ4n) is 3.60. The summed E-state index contributed by atoms with van der Waals surface area (Å²) in [5, 5.41) is 20.2. The average molecular weight is 480 g/mol. The maximum atomic E-state index is 13.0. The second kappa shape index (κ2) is 12.7. The Hall–Kier alpha value is -3.48. The predicted octanol–water partition coefficient (Wildman–Crippen LogP) is -1.84. The van der Waals surface area contributed by atoms with Crippen molar-refractivity contribution in [2.75, 3.05) is 6.54 Å². The molecule has 13 nitrogen and oxygen atoms in total. The van der Waals surface area contributed by atoms with E-state index in [1.54, 1.807) is 13.8 Å². The molecule has 1 saturated heterocycles. The lowest BCUT2D eigenvalue weighted by Gasteiger charge is -2.27. The zero-order valence-corrected chi connectivity index (χ0v) is 19.3. The number of aromatic nitrogens is 2. The predicted molar refractivity (Wildman–Crippen MR) is 120 cm³/mol. The van der Waals surface area contributed by atoms with E-state index < -0.39 is 53.8 Å². The second-order valence-corrected chi connectivity index (χ2v) is 8.63. The molecule has 0 aliphatic carbocycles. The van der Waals surface area contributed by atoms with Gasteiger partial charge >= 0.3 is 5.97 Å². The van der Waals surface area contributed by atoms with Gasteiger partial charge in [0.05, 0.1) is 12.4 Å². The van der Waals surface area contributed by atoms with E-state index in [-0.39, 0.29) is 25.2 Å². The Morgan fingerprint density at radius 1 is 1.15 bits per heavy atom. The van der Waals surface area contributed by atoms with Gasteiger partial charge in [-0.1, -0.05) is 13.8 Å². The third-order valence-corrected chi connectivity index (χ3v) is 5.53. The van der Waals surface area contributed by atoms with Gasteiger partial charge < -0.3 is 37.1 Å². The molecule has 2 rings (SSSR count). The van der Waals surface area contributed by atoms with Gasteiger partial charge in [0.15, 0.2) is 0 Å². The molecule has 1 fully saturated rings. The van der Waals surface area contributed by atoms with Gasteiger partial charge in [-0.05, 0) is 31.7 Å². The number of hydrogen-bond acceptors (Lipinski definition) is 7. The number of carboxylic acids is 1. The normalized spacial score (nSPS) is 18.0. The third kappa shape index (κ3) is 8.14. The summed E-state index contributed by atoms with van der Waals surface area (Å²) in [5.41, 5.74) is 5.73. The number of nitrogens with one attached hydrogen (secondary N) is 5. The minimum Gasteiger partial charge on any atom is -0.480 e. The largest absolute Gasteiger partial charge is 0.480 e. The topological polar surface area (TPSA) is 208 Å². The van der Waals surface area contributed by atoms with E-state index >= 15 is 0 Å². The van der Waals surface area contributed by atoms with Crippen LogP contribution in [-0.2, 0) is 30.4 Å². The van der Waals surface area contributed by atoms with Crippen molar-refractivity contribution < 1.29 is 29.1 Å². The second-order valence-electron chi connectivity index (χ2n) is 8.63. The van der Waals surface area contributed by atoms with Crippen molar-refractivity contribution in [1.82, 2.24) is 31.2 Å². The summed E-state index contributed by atoms with van der Waals surface area (Å²) in [6, 6.07) is -3.85. The van der Waals surface area contributed by atoms with Crippen LogP contribution in [-0.4, -0.2) is 75.4 Å². The molecule has 8 N–H and O–H groups in total. The molecule has 4 atom stereocenters. The van der Waals surface area contributed by atoms with Crippen LogP contribution >= 0.6 is 0 Å². The van der Waals surface area contributed by atoms with Crippen molar-refractivity contribution in [2.45, 2.75) is 70.1 Å². The molecule has 0 bridgehead atoms. The zero-order valence-electron chi connectivity index (χ0n) is 19.3. The quantitative estimate of drug-likeness (QED) is 0.171. The molecular formula is C21H33N7O6. The number of carbonyl (C=O) groups excluding carboxylic acids is 4. The van der Waals surface area contributed by atoms with Gasteiger partial charge in [-0.15, -0.1) is 0 Å². The standard InChI is InChI=1S/C21H33N7O6/c1-11(2)17(20(32)27-15(21(33)34)8-12-9-23-10-25-12)28-19(31)14(5-6-16(22)29)26-18(30)13-4-3-7-24-13/h9-11,13-15,17,24H,3-8H2,1-2H3,(H2,22,29)(H,23,25)(H,26,30)(H,27,32)(H,28,31)(H,33,34). The average Bonchev–Trinajstić information content (AvgIpc) is 3.47. The van der Waals surface area contributed by atoms with Crippen LogP contribution in [0.2, 0.25) is 0 Å². The summed E-state index contributed by atoms with van der Waals surface area (Å²) in [7, 11) is 0. The van der Waals surface area contributed by atoms with E-state index in [0.29, 0.717) is 18.7 Å². The van der Waals surface area contributed by atoms with Gasteiger partial charge in [0.25, 0.3) is 0 Å². The molecule has 1 aromatic heterocycles. The Balaban J connectivity index is 2.08. The van der Waals surface area contributed by atoms with E-state index in [1.165, 1.54) is 12.5 Å². The maximum Gasteiger partial charge on any atom is 0.326 e. The maximum absolute atomic E-state index is 13.0. The number of aliphatic carboxylic acids is 1. The fourth-order valence-corrected chi connectivity index (χ4v) is 3.60. The van der Waals surface area contributed by atoms with Crippen LogP contribution in [0.3, 0.4) is 0 Å². The highest BCUT2D eigenvalue weighted by Gasteiger charge is 2.33. The molecule has 2 heterocycles. The van der Waals surface area contributed by atoms with E-state index in [9.17, 15) is 29.1 Å². The van der Waals surface area contributed by atoms with Crippen molar-refractivity contribution >= 4 is 29.6 Å². The lowest BCUT2D eigenvalue weighted by Crippen LogP contribution is -2.58. The molecular weight excluding hydrogens is 446 g/mol. The summed E-state index contributed by atoms with van der Waals surface area (Å²) in [6.07, 6.45) is 4.11. The summed E-state index contributed by atoms with van der Waals surface area (Å²) in [6.45, 7) is 4.07. The number of carbonyl (C=O) groups is 5. The number of primary amides is 1. The van der Waals surface area contributed by atoms with Gasteiger partial charge in [-0.25, -0.2) is 9.78 Å². The van der Waals surface area contributed by atoms with Crippen LogP contribution in [0.4, 0.5) is 0 Å². The molecule has 188 valence electrons. The number of H-pyrrole nitrogens is 1. The van der Waals surface area contributed by atoms with Crippen LogP contribution in [0, 0.1) is 5.92 Å². The first-order valence-corrected chi connectivity index (χ1v) is 11.2. The van der Waals surface area contributed by atoms with E-state index in [0.717, 1.165) is 6.42 Å². The summed E-state index contributed by atoms with van der Waals surface area (Å²) in [5.74, 6) is -4.00. The number of amides is 4. The molecule has 1 aliphatic rings. The minimum atomic E-state index is -1.25. The molecule has 13 heteroatoms. The van der Waals surface area contributed by atoms with Crippen LogP contribution in [0.25, 0.3) is 0 Å². The lowest BCUT2D eigenvalue weighted by molar-refractivity contribution is -0.142. The third-order valence-electron chi connectivity index (χ3n) is 5.53. The fraction of sp³-hybridized carbons (Fsp3) is 0.619. The highest BCUT2D eigenvalue weighted by molar-refractivity contribution is 5.94. The van der Waals surface area contributed by atoms with Gasteiger partial charge in [-0.2, -0.15) is 0 Å². The van der Waals surface area contributed by atoms with Gasteiger partial charge in [0, 0.05) is 24.7 Å². The first-order valence-electron chi connectivity index (χ1n) is 11.2.